The van der Waals surface area contributed by atoms with Gasteiger partial charge in [-0.15, -0.1) is 0 Å². The van der Waals surface area contributed by atoms with E-state index in [1.54, 1.807) is 17.2 Å². The molecule has 0 radical (unpaired) electrons. The van der Waals surface area contributed by atoms with Crippen LogP contribution >= 0.6 is 0 Å². The average Bonchev–Trinajstić information content (AvgIpc) is 2.66. The maximum atomic E-state index is 13.7. The number of benzene rings is 1. The molecule has 154 valence electrons. The van der Waals surface area contributed by atoms with E-state index in [1.807, 2.05) is 0 Å². The van der Waals surface area contributed by atoms with Gasteiger partial charge < -0.3 is 14.5 Å². The Morgan fingerprint density at radius 3 is 2.69 bits per heavy atom. The van der Waals surface area contributed by atoms with Gasteiger partial charge in [0, 0.05) is 38.3 Å². The van der Waals surface area contributed by atoms with E-state index in [2.05, 4.69) is 10.00 Å². The summed E-state index contributed by atoms with van der Waals surface area (Å²) in [6, 6.07) is 4.31. The second-order valence-corrected chi connectivity index (χ2v) is 7.34. The molecule has 0 aliphatic carbocycles. The monoisotopic (exact) mass is 404 g/mol. The number of carbonyl (C=O) groups excluding carboxylic acids is 1. The number of rotatable bonds is 5. The Bertz CT molecular complexity index is 961. The molecule has 0 spiro atoms. The Balaban J connectivity index is 1.38. The predicted octanol–water partition coefficient (Wildman–Crippen LogP) is 1.97. The van der Waals surface area contributed by atoms with E-state index in [9.17, 15) is 18.4 Å². The number of carbonyl (C=O) groups is 1. The maximum absolute atomic E-state index is 13.7. The van der Waals surface area contributed by atoms with Gasteiger partial charge in [-0.3, -0.25) is 9.59 Å². The summed E-state index contributed by atoms with van der Waals surface area (Å²) in [6.07, 6.45) is 4.28. The number of hydrogen-bond acceptors (Lipinski definition) is 5. The molecular formula is C20H22F2N4O3. The average molecular weight is 404 g/mol. The number of anilines is 1. The lowest BCUT2D eigenvalue weighted by Gasteiger charge is -2.34. The van der Waals surface area contributed by atoms with Crippen molar-refractivity contribution in [2.75, 3.05) is 37.7 Å². The van der Waals surface area contributed by atoms with Crippen LogP contribution in [0, 0.1) is 11.6 Å². The highest BCUT2D eigenvalue weighted by Crippen LogP contribution is 2.22. The summed E-state index contributed by atoms with van der Waals surface area (Å²) >= 11 is 0. The quantitative estimate of drug-likeness (QED) is 0.762. The van der Waals surface area contributed by atoms with Gasteiger partial charge in [0.05, 0.1) is 17.9 Å². The molecule has 1 atom stereocenters. The third-order valence-corrected chi connectivity index (χ3v) is 5.37. The third-order valence-electron chi connectivity index (χ3n) is 5.37. The Labute approximate surface area is 166 Å². The summed E-state index contributed by atoms with van der Waals surface area (Å²) < 4.78 is 33.3. The van der Waals surface area contributed by atoms with Crippen molar-refractivity contribution in [1.29, 1.82) is 0 Å². The summed E-state index contributed by atoms with van der Waals surface area (Å²) in [5.41, 5.74) is 0.647. The molecule has 1 aromatic heterocycles. The SMILES string of the molecule is O=C(COc1ccc(F)cc1F)N1CCC[C@@H](n2ncc(N3CCC3)cc2=O)C1. The van der Waals surface area contributed by atoms with E-state index in [1.165, 1.54) is 4.68 Å². The van der Waals surface area contributed by atoms with E-state index < -0.39 is 11.6 Å². The van der Waals surface area contributed by atoms with Gasteiger partial charge in [0.2, 0.25) is 0 Å². The van der Waals surface area contributed by atoms with Gasteiger partial charge >= 0.3 is 0 Å². The molecule has 2 aliphatic heterocycles. The highest BCUT2D eigenvalue weighted by Gasteiger charge is 2.27. The van der Waals surface area contributed by atoms with E-state index in [0.717, 1.165) is 50.2 Å². The molecule has 2 fully saturated rings. The van der Waals surface area contributed by atoms with Crippen LogP contribution in [0.1, 0.15) is 25.3 Å². The maximum Gasteiger partial charge on any atom is 0.269 e. The molecule has 4 rings (SSSR count). The van der Waals surface area contributed by atoms with Crippen molar-refractivity contribution in [2.24, 2.45) is 0 Å². The number of ether oxygens (including phenoxy) is 1. The van der Waals surface area contributed by atoms with Gasteiger partial charge in [-0.1, -0.05) is 0 Å². The highest BCUT2D eigenvalue weighted by atomic mass is 19.1. The van der Waals surface area contributed by atoms with Crippen LogP contribution in [0.15, 0.2) is 35.3 Å². The molecule has 0 bridgehead atoms. The fourth-order valence-corrected chi connectivity index (χ4v) is 3.63. The molecule has 0 saturated carbocycles. The van der Waals surface area contributed by atoms with Crippen molar-refractivity contribution >= 4 is 11.6 Å². The van der Waals surface area contributed by atoms with Crippen LogP contribution < -0.4 is 15.2 Å². The number of nitrogens with zero attached hydrogens (tertiary/aromatic N) is 4. The van der Waals surface area contributed by atoms with Crippen molar-refractivity contribution < 1.29 is 18.3 Å². The second-order valence-electron chi connectivity index (χ2n) is 7.34. The van der Waals surface area contributed by atoms with Crippen LogP contribution in [0.5, 0.6) is 5.75 Å². The van der Waals surface area contributed by atoms with Crippen LogP contribution in [0.2, 0.25) is 0 Å². The van der Waals surface area contributed by atoms with Crippen LogP contribution in [-0.4, -0.2) is 53.4 Å². The number of likely N-dealkylation sites (tertiary alicyclic amines) is 1. The first-order valence-electron chi connectivity index (χ1n) is 9.71. The fourth-order valence-electron chi connectivity index (χ4n) is 3.63. The lowest BCUT2D eigenvalue weighted by Crippen LogP contribution is -2.45. The summed E-state index contributed by atoms with van der Waals surface area (Å²) in [7, 11) is 0. The van der Waals surface area contributed by atoms with Crippen molar-refractivity contribution in [2.45, 2.75) is 25.3 Å². The minimum Gasteiger partial charge on any atom is -0.481 e. The molecule has 2 saturated heterocycles. The van der Waals surface area contributed by atoms with Crippen molar-refractivity contribution in [3.8, 4) is 5.75 Å². The number of amides is 1. The molecule has 2 aliphatic rings. The topological polar surface area (TPSA) is 67.7 Å². The smallest absolute Gasteiger partial charge is 0.269 e. The van der Waals surface area contributed by atoms with Crippen molar-refractivity contribution in [3.63, 3.8) is 0 Å². The van der Waals surface area contributed by atoms with E-state index in [0.29, 0.717) is 19.2 Å². The molecular weight excluding hydrogens is 382 g/mol. The van der Waals surface area contributed by atoms with Gasteiger partial charge in [0.25, 0.3) is 11.5 Å². The summed E-state index contributed by atoms with van der Waals surface area (Å²) in [5, 5.41) is 4.32. The van der Waals surface area contributed by atoms with Crippen LogP contribution in [0.3, 0.4) is 0 Å². The summed E-state index contributed by atoms with van der Waals surface area (Å²) in [6.45, 7) is 2.39. The number of hydrogen-bond donors (Lipinski definition) is 0. The Morgan fingerprint density at radius 1 is 1.17 bits per heavy atom. The largest absolute Gasteiger partial charge is 0.481 e. The standard InChI is InChI=1S/C20H22F2N4O3/c21-14-4-5-18(17(22)9-14)29-13-20(28)25-6-1-3-15(12-25)26-19(27)10-16(11-23-26)24-7-2-8-24/h4-5,9-11,15H,1-3,6-8,12-13H2/t15-/m1/s1. The molecule has 29 heavy (non-hydrogen) atoms. The van der Waals surface area contributed by atoms with Gasteiger partial charge in [-0.2, -0.15) is 5.10 Å². The molecule has 1 aromatic carbocycles. The fraction of sp³-hybridized carbons (Fsp3) is 0.450. The summed E-state index contributed by atoms with van der Waals surface area (Å²) in [5.74, 6) is -2.05. The Morgan fingerprint density at radius 2 is 2.00 bits per heavy atom. The Kier molecular flexibility index (Phi) is 5.46. The summed E-state index contributed by atoms with van der Waals surface area (Å²) in [4.78, 5) is 28.7. The van der Waals surface area contributed by atoms with Gasteiger partial charge in [0.15, 0.2) is 18.2 Å². The zero-order chi connectivity index (χ0) is 20.4. The van der Waals surface area contributed by atoms with Gasteiger partial charge in [-0.25, -0.2) is 13.5 Å². The first kappa shape index (κ1) is 19.4. The van der Waals surface area contributed by atoms with Crippen molar-refractivity contribution in [3.05, 3.63) is 52.5 Å². The number of halogens is 2. The third kappa shape index (κ3) is 4.23. The first-order chi connectivity index (χ1) is 14.0. The van der Waals surface area contributed by atoms with E-state index >= 15 is 0 Å². The minimum atomic E-state index is -0.854. The van der Waals surface area contributed by atoms with E-state index in [-0.39, 0.29) is 29.9 Å². The Hall–Kier alpha value is -2.97. The van der Waals surface area contributed by atoms with Crippen LogP contribution in [0.25, 0.3) is 0 Å². The normalized spacial score (nSPS) is 19.0. The molecule has 1 amide bonds. The molecule has 9 heteroatoms. The molecule has 0 unspecified atom stereocenters. The van der Waals surface area contributed by atoms with E-state index in [4.69, 9.17) is 4.74 Å². The highest BCUT2D eigenvalue weighted by molar-refractivity contribution is 5.77. The lowest BCUT2D eigenvalue weighted by molar-refractivity contribution is -0.135. The van der Waals surface area contributed by atoms with Gasteiger partial charge in [-0.05, 0) is 31.4 Å². The molecule has 7 nitrogen and oxygen atoms in total. The first-order valence-corrected chi connectivity index (χ1v) is 9.71. The van der Waals surface area contributed by atoms with Crippen LogP contribution in [-0.2, 0) is 4.79 Å². The zero-order valence-corrected chi connectivity index (χ0v) is 15.9. The predicted molar refractivity (Wildman–Crippen MR) is 102 cm³/mol. The van der Waals surface area contributed by atoms with Crippen LogP contribution in [0.4, 0.5) is 14.5 Å². The number of aromatic nitrogens is 2. The van der Waals surface area contributed by atoms with Crippen molar-refractivity contribution in [1.82, 2.24) is 14.7 Å². The molecule has 2 aromatic rings. The second kappa shape index (κ2) is 8.18. The lowest BCUT2D eigenvalue weighted by atomic mass is 10.1. The molecule has 0 N–H and O–H groups in total. The number of piperidine rings is 1. The zero-order valence-electron chi connectivity index (χ0n) is 15.9. The van der Waals surface area contributed by atoms with Gasteiger partial charge in [0.1, 0.15) is 5.82 Å². The minimum absolute atomic E-state index is 0.173. The molecule has 3 heterocycles.